The van der Waals surface area contributed by atoms with E-state index in [4.69, 9.17) is 62.6 Å². The summed E-state index contributed by atoms with van der Waals surface area (Å²) in [4.78, 5) is 109. The van der Waals surface area contributed by atoms with Crippen LogP contribution in [0.5, 0.6) is 0 Å². The Bertz CT molecular complexity index is 1030. The standard InChI is InChI=1S/2C8H10.C7H13NO.4C5H12.C4H10.C3H8O.C2H6.5CH5N.12CH2O.7H3N/c2*1-2-8-6-4-3-5-7-8;1-7(9)8-5-3-2-4-6-8;4*1-4-5(2)3;1-4(2)3;1-3(2)4;18*1-2;;;;;;;/h2*3-7H,2H2,1H3;2-6H2,1H3;4*5H,4H2,1-3H3;4H,1-3H3;3-4H,1-2H3;1-2H3;5*2H2,1H3;12*1H2;7*1H3. The van der Waals surface area contributed by atoms with E-state index in [1.807, 2.05) is 112 Å². The first-order chi connectivity index (χ1) is 42.7. The number of rotatable bonds is 6. The van der Waals surface area contributed by atoms with Crippen LogP contribution in [0.4, 0.5) is 0 Å². The van der Waals surface area contributed by atoms with Crippen molar-refractivity contribution in [2.75, 3.05) is 48.3 Å². The average molecular weight is 1410 g/mol. The van der Waals surface area contributed by atoms with Gasteiger partial charge < -0.3 is 139 Å². The van der Waals surface area contributed by atoms with Gasteiger partial charge in [0.05, 0.1) is 0 Å². The van der Waals surface area contributed by atoms with Crippen LogP contribution in [0, 0.1) is 29.6 Å². The van der Waals surface area contributed by atoms with Crippen molar-refractivity contribution >= 4 is 87.4 Å². The van der Waals surface area contributed by atoms with Crippen LogP contribution in [-0.4, -0.2) is 152 Å². The van der Waals surface area contributed by atoms with Crippen molar-refractivity contribution in [3.05, 3.63) is 71.8 Å². The van der Waals surface area contributed by atoms with Crippen LogP contribution in [0.15, 0.2) is 60.7 Å². The lowest BCUT2D eigenvalue weighted by molar-refractivity contribution is -0.129. The van der Waals surface area contributed by atoms with Crippen LogP contribution >= 0.6 is 0 Å². The lowest BCUT2D eigenvalue weighted by Crippen LogP contribution is -2.33. The molecule has 0 spiro atoms. The first-order valence-corrected chi connectivity index (χ1v) is 29.1. The van der Waals surface area contributed by atoms with Crippen molar-refractivity contribution in [2.24, 2.45) is 58.3 Å². The fourth-order valence-electron chi connectivity index (χ4n) is 2.64. The highest BCUT2D eigenvalue weighted by molar-refractivity contribution is 5.73. The molecule has 2 aromatic carbocycles. The SMILES string of the molecule is C=O.C=O.C=O.C=O.C=O.C=O.C=O.C=O.C=O.C=O.C=O.C=O.CC.CC(=O)N1CCCCC1.CC(C)C.CC(C)O.CCC(C)C.CCC(C)C.CCC(C)C.CCC(C)C.CCc1ccccc1.CCc1ccccc1.CN.CN.CN.CN.CN.N.N.N.N.N.N.N. The van der Waals surface area contributed by atoms with E-state index in [1.165, 1.54) is 91.3 Å². The molecule has 1 heterocycles. The molecule has 96 heavy (non-hydrogen) atoms. The van der Waals surface area contributed by atoms with Gasteiger partial charge in [-0.05, 0) is 122 Å². The lowest BCUT2D eigenvalue weighted by atomic mass is 10.1. The summed E-state index contributed by atoms with van der Waals surface area (Å²) in [5.41, 5.74) is 25.3. The second kappa shape index (κ2) is 342. The van der Waals surface area contributed by atoms with Gasteiger partial charge >= 0.3 is 0 Å². The molecule has 27 nitrogen and oxygen atoms in total. The molecule has 1 aliphatic heterocycles. The number of hydrogen-bond acceptors (Lipinski definition) is 26. The van der Waals surface area contributed by atoms with Crippen molar-refractivity contribution in [3.8, 4) is 0 Å². The van der Waals surface area contributed by atoms with Crippen LogP contribution in [0.25, 0.3) is 0 Å². The molecule has 1 fully saturated rings. The summed E-state index contributed by atoms with van der Waals surface area (Å²) in [6, 6.07) is 20.9. The van der Waals surface area contributed by atoms with E-state index in [1.54, 1.807) is 20.8 Å². The smallest absolute Gasteiger partial charge is 0.219 e. The monoisotopic (exact) mass is 1410 g/mol. The highest BCUT2D eigenvalue weighted by atomic mass is 16.3. The van der Waals surface area contributed by atoms with E-state index in [2.05, 4.69) is 195 Å². The normalized spacial score (nSPS) is 7.01. The maximum absolute atomic E-state index is 10.7. The fourth-order valence-corrected chi connectivity index (χ4v) is 2.64. The predicted octanol–water partition coefficient (Wildman–Crippen LogP) is 13.6. The average Bonchev–Trinajstić information content (AvgIpc) is 3.63. The summed E-state index contributed by atoms with van der Waals surface area (Å²) in [7, 11) is 7.50. The zero-order valence-electron chi connectivity index (χ0n) is 68.0. The Balaban J connectivity index is -0.0000000161. The third-order valence-electron chi connectivity index (χ3n) is 7.57. The van der Waals surface area contributed by atoms with E-state index >= 15 is 0 Å². The molecule has 1 amide bonds. The molecule has 0 radical (unpaired) electrons. The number of hydrogen-bond donors (Lipinski definition) is 13. The minimum absolute atomic E-state index is 0. The van der Waals surface area contributed by atoms with Gasteiger partial charge in [0.15, 0.2) is 0 Å². The van der Waals surface area contributed by atoms with Crippen LogP contribution < -0.4 is 71.7 Å². The molecule has 0 aliphatic carbocycles. The molecule has 0 atom stereocenters. The minimum Gasteiger partial charge on any atom is -0.394 e. The molecule has 600 valence electrons. The second-order valence-corrected chi connectivity index (χ2v) is 16.3. The van der Waals surface area contributed by atoms with Gasteiger partial charge in [-0.3, -0.25) is 4.79 Å². The molecule has 2 aromatic rings. The van der Waals surface area contributed by atoms with E-state index < -0.39 is 0 Å². The molecule has 0 bridgehead atoms. The highest BCUT2D eigenvalue weighted by Crippen LogP contribution is 2.07. The van der Waals surface area contributed by atoms with Crippen molar-refractivity contribution in [1.29, 1.82) is 0 Å². The molecule has 3 rings (SSSR count). The number of piperidine rings is 1. The number of benzene rings is 2. The van der Waals surface area contributed by atoms with Crippen LogP contribution in [0.2, 0.25) is 0 Å². The summed E-state index contributed by atoms with van der Waals surface area (Å²) in [5, 5.41) is 8.06. The summed E-state index contributed by atoms with van der Waals surface area (Å²) >= 11 is 0. The Morgan fingerprint density at radius 3 is 0.521 bits per heavy atom. The van der Waals surface area contributed by atoms with Crippen molar-refractivity contribution < 1.29 is 67.4 Å². The van der Waals surface area contributed by atoms with Gasteiger partial charge in [0.25, 0.3) is 0 Å². The molecule has 1 saturated heterocycles. The number of likely N-dealkylation sites (tertiary alicyclic amines) is 1. The number of nitrogens with two attached hydrogens (primary N) is 5. The molecular weight excluding hydrogens is 1230 g/mol. The Morgan fingerprint density at radius 1 is 0.344 bits per heavy atom. The van der Waals surface area contributed by atoms with Gasteiger partial charge in [0, 0.05) is 26.1 Å². The van der Waals surface area contributed by atoms with E-state index in [-0.39, 0.29) is 55.1 Å². The lowest BCUT2D eigenvalue weighted by Gasteiger charge is -2.24. The van der Waals surface area contributed by atoms with Crippen LogP contribution in [-0.2, 0) is 75.2 Å². The van der Waals surface area contributed by atoms with Crippen molar-refractivity contribution in [2.45, 2.75) is 216 Å². The highest BCUT2D eigenvalue weighted by Gasteiger charge is 2.11. The quantitative estimate of drug-likeness (QED) is 0.128. The summed E-state index contributed by atoms with van der Waals surface area (Å²) in [6.45, 7) is 72.4. The molecule has 0 saturated carbocycles. The topological polar surface area (TPSA) is 620 Å². The number of amides is 1. The predicted molar refractivity (Wildman–Crippen MR) is 429 cm³/mol. The molecule has 0 aromatic heterocycles. The maximum Gasteiger partial charge on any atom is 0.219 e. The van der Waals surface area contributed by atoms with E-state index in [0.29, 0.717) is 0 Å². The third-order valence-corrected chi connectivity index (χ3v) is 7.57. The summed E-state index contributed by atoms with van der Waals surface area (Å²) < 4.78 is 0. The minimum atomic E-state index is -0.167. The molecule has 0 unspecified atom stereocenters. The first kappa shape index (κ1) is 205. The number of nitrogens with zero attached hydrogens (tertiary/aromatic N) is 1. The van der Waals surface area contributed by atoms with Gasteiger partial charge in [0.1, 0.15) is 81.5 Å². The number of carbonyl (C=O) groups is 13. The van der Waals surface area contributed by atoms with Crippen LogP contribution in [0.3, 0.4) is 0 Å². The van der Waals surface area contributed by atoms with Crippen molar-refractivity contribution in [3.63, 3.8) is 0 Å². The summed E-state index contributed by atoms with van der Waals surface area (Å²) in [5.74, 6) is 4.60. The summed E-state index contributed by atoms with van der Waals surface area (Å²) in [6.07, 6.45) is 11.0. The number of aryl methyl sites for hydroxylation is 2. The van der Waals surface area contributed by atoms with E-state index in [9.17, 15) is 4.79 Å². The Morgan fingerprint density at radius 2 is 0.458 bits per heavy atom. The Hall–Kier alpha value is -6.57. The van der Waals surface area contributed by atoms with Gasteiger partial charge in [-0.2, -0.15) is 0 Å². The molecule has 1 aliphatic rings. The number of carbonyl (C=O) groups excluding carboxylic acids is 13. The van der Waals surface area contributed by atoms with Crippen LogP contribution in [0.1, 0.15) is 208 Å². The third kappa shape index (κ3) is 584. The molecule has 27 heteroatoms. The fraction of sp³-hybridized carbons (Fsp3) is 0.638. The van der Waals surface area contributed by atoms with E-state index in [0.717, 1.165) is 55.5 Å². The van der Waals surface area contributed by atoms with Gasteiger partial charge in [0.2, 0.25) is 5.91 Å². The first-order valence-electron chi connectivity index (χ1n) is 29.1. The zero-order chi connectivity index (χ0) is 78.6. The zero-order valence-corrected chi connectivity index (χ0v) is 68.0. The molecule has 32 N–H and O–H groups in total. The van der Waals surface area contributed by atoms with Gasteiger partial charge in [-0.15, -0.1) is 0 Å². The second-order valence-electron chi connectivity index (χ2n) is 16.3. The van der Waals surface area contributed by atoms with Gasteiger partial charge in [-0.1, -0.05) is 218 Å². The number of aliphatic hydroxyl groups excluding tert-OH is 1. The Kier molecular flexibility index (Phi) is 731. The maximum atomic E-state index is 10.7. The molecular formula is C69H175N13O14. The number of aliphatic hydroxyl groups is 1. The van der Waals surface area contributed by atoms with Crippen molar-refractivity contribution in [1.82, 2.24) is 48.0 Å². The van der Waals surface area contributed by atoms with Gasteiger partial charge in [-0.25, -0.2) is 0 Å². The Labute approximate surface area is 595 Å². The largest absolute Gasteiger partial charge is 0.394 e.